The first-order chi connectivity index (χ1) is 14.3. The monoisotopic (exact) mass is 417 g/mol. The molecule has 0 spiro atoms. The number of rotatable bonds is 6. The number of hydrogen-bond acceptors (Lipinski definition) is 4. The lowest BCUT2D eigenvalue weighted by Crippen LogP contribution is -2.30. The number of alkyl halides is 1. The molecule has 0 bridgehead atoms. The molecule has 2 atom stereocenters. The minimum atomic E-state index is -1.32. The predicted octanol–water partition coefficient (Wildman–Crippen LogP) is 3.01. The van der Waals surface area contributed by atoms with Gasteiger partial charge in [-0.3, -0.25) is 4.79 Å². The molecular weight excluding hydrogens is 392 g/mol. The molecule has 1 aliphatic heterocycles. The summed E-state index contributed by atoms with van der Waals surface area (Å²) in [6.45, 7) is 2.83. The van der Waals surface area contributed by atoms with Crippen molar-refractivity contribution in [1.29, 1.82) is 0 Å². The number of aromatic nitrogens is 1. The molecule has 0 radical (unpaired) electrons. The van der Waals surface area contributed by atoms with Crippen LogP contribution in [0.15, 0.2) is 17.1 Å². The first kappa shape index (κ1) is 19.5. The van der Waals surface area contributed by atoms with Gasteiger partial charge in [0.25, 0.3) is 0 Å². The largest absolute Gasteiger partial charge is 0.477 e. The van der Waals surface area contributed by atoms with Crippen molar-refractivity contribution < 1.29 is 18.7 Å². The van der Waals surface area contributed by atoms with E-state index in [-0.39, 0.29) is 29.5 Å². The number of pyridine rings is 1. The van der Waals surface area contributed by atoms with Gasteiger partial charge in [0.2, 0.25) is 5.43 Å². The maximum atomic E-state index is 15.2. The van der Waals surface area contributed by atoms with Gasteiger partial charge in [-0.05, 0) is 44.2 Å². The van der Waals surface area contributed by atoms with E-state index in [0.29, 0.717) is 35.9 Å². The second-order valence-electron chi connectivity index (χ2n) is 8.91. The lowest BCUT2D eigenvalue weighted by molar-refractivity contribution is 0.0695. The third-order valence-electron chi connectivity index (χ3n) is 6.57. The molecule has 2 N–H and O–H groups in total. The number of nitrogens with one attached hydrogen (secondary N) is 1. The van der Waals surface area contributed by atoms with Crippen LogP contribution in [0.2, 0.25) is 0 Å². The standard InChI is InChI=1S/C22H25F2N3O3/c1-11-19-15(21(28)16(22(29)30)9-27(19)14-4-5-14)6-17(23)20(11)26-8-12(18(24)10-26)7-25-13-2-3-13/h6,9,12-14,18,25H,2-5,7-8,10H2,1H3,(H,29,30)/t12-,18-/m1/s1. The van der Waals surface area contributed by atoms with E-state index in [0.717, 1.165) is 31.7 Å². The second-order valence-corrected chi connectivity index (χ2v) is 8.91. The fourth-order valence-corrected chi connectivity index (χ4v) is 4.66. The molecule has 160 valence electrons. The molecule has 2 aromatic rings. The fourth-order valence-electron chi connectivity index (χ4n) is 4.66. The van der Waals surface area contributed by atoms with E-state index in [9.17, 15) is 19.1 Å². The van der Waals surface area contributed by atoms with Crippen LogP contribution < -0.4 is 15.6 Å². The summed E-state index contributed by atoms with van der Waals surface area (Å²) in [5.41, 5.74) is 0.403. The van der Waals surface area contributed by atoms with Crippen molar-refractivity contribution in [1.82, 2.24) is 9.88 Å². The lowest BCUT2D eigenvalue weighted by Gasteiger charge is -2.24. The van der Waals surface area contributed by atoms with Crippen molar-refractivity contribution in [2.45, 2.75) is 50.9 Å². The summed E-state index contributed by atoms with van der Waals surface area (Å²) in [6.07, 6.45) is 4.35. The molecule has 2 aliphatic carbocycles. The van der Waals surface area contributed by atoms with Crippen molar-refractivity contribution in [3.63, 3.8) is 0 Å². The van der Waals surface area contributed by atoms with Gasteiger partial charge in [0.05, 0.1) is 11.2 Å². The summed E-state index contributed by atoms with van der Waals surface area (Å²) >= 11 is 0. The molecule has 8 heteroatoms. The number of carboxylic acid groups (broad SMARTS) is 1. The smallest absolute Gasteiger partial charge is 0.341 e. The summed E-state index contributed by atoms with van der Waals surface area (Å²) in [5, 5.41) is 12.8. The first-order valence-corrected chi connectivity index (χ1v) is 10.6. The van der Waals surface area contributed by atoms with Crippen LogP contribution in [0.4, 0.5) is 14.5 Å². The van der Waals surface area contributed by atoms with Crippen LogP contribution in [0.25, 0.3) is 10.9 Å². The molecule has 2 heterocycles. The highest BCUT2D eigenvalue weighted by atomic mass is 19.1. The average Bonchev–Trinajstić information content (AvgIpc) is 3.60. The third kappa shape index (κ3) is 3.27. The Labute approximate surface area is 172 Å². The summed E-state index contributed by atoms with van der Waals surface area (Å²) < 4.78 is 31.7. The zero-order valence-corrected chi connectivity index (χ0v) is 16.8. The van der Waals surface area contributed by atoms with Crippen LogP contribution in [-0.2, 0) is 0 Å². The number of anilines is 1. The van der Waals surface area contributed by atoms with Gasteiger partial charge in [-0.1, -0.05) is 0 Å². The van der Waals surface area contributed by atoms with Gasteiger partial charge in [0.1, 0.15) is 17.6 Å². The highest BCUT2D eigenvalue weighted by Crippen LogP contribution is 2.41. The lowest BCUT2D eigenvalue weighted by atomic mass is 10.0. The number of nitrogens with zero attached hydrogens (tertiary/aromatic N) is 2. The highest BCUT2D eigenvalue weighted by molar-refractivity contribution is 5.95. The van der Waals surface area contributed by atoms with Gasteiger partial charge in [0, 0.05) is 49.2 Å². The molecular formula is C22H25F2N3O3. The summed E-state index contributed by atoms with van der Waals surface area (Å²) in [6, 6.07) is 1.72. The van der Waals surface area contributed by atoms with E-state index in [4.69, 9.17) is 0 Å². The molecule has 0 unspecified atom stereocenters. The van der Waals surface area contributed by atoms with E-state index in [1.807, 2.05) is 0 Å². The van der Waals surface area contributed by atoms with E-state index >= 15 is 4.39 Å². The van der Waals surface area contributed by atoms with Crippen LogP contribution in [0, 0.1) is 18.7 Å². The molecule has 30 heavy (non-hydrogen) atoms. The van der Waals surface area contributed by atoms with E-state index in [1.54, 1.807) is 16.4 Å². The van der Waals surface area contributed by atoms with Gasteiger partial charge in [-0.2, -0.15) is 0 Å². The maximum Gasteiger partial charge on any atom is 0.341 e. The van der Waals surface area contributed by atoms with Crippen LogP contribution in [-0.4, -0.2) is 47.5 Å². The van der Waals surface area contributed by atoms with Gasteiger partial charge >= 0.3 is 5.97 Å². The van der Waals surface area contributed by atoms with Gasteiger partial charge in [-0.25, -0.2) is 13.6 Å². The summed E-state index contributed by atoms with van der Waals surface area (Å²) in [5.74, 6) is -2.13. The topological polar surface area (TPSA) is 74.6 Å². The van der Waals surface area contributed by atoms with Crippen LogP contribution >= 0.6 is 0 Å². The number of aryl methyl sites for hydroxylation is 1. The Morgan fingerprint density at radius 3 is 2.63 bits per heavy atom. The predicted molar refractivity (Wildman–Crippen MR) is 110 cm³/mol. The number of aromatic carboxylic acids is 1. The molecule has 1 saturated heterocycles. The highest BCUT2D eigenvalue weighted by Gasteiger charge is 2.37. The van der Waals surface area contributed by atoms with Crippen molar-refractivity contribution >= 4 is 22.6 Å². The summed E-state index contributed by atoms with van der Waals surface area (Å²) in [7, 11) is 0. The molecule has 3 aliphatic rings. The van der Waals surface area contributed by atoms with Crippen LogP contribution in [0.5, 0.6) is 0 Å². The number of benzene rings is 1. The van der Waals surface area contributed by atoms with E-state index in [1.165, 1.54) is 6.20 Å². The zero-order valence-electron chi connectivity index (χ0n) is 16.8. The molecule has 5 rings (SSSR count). The Morgan fingerprint density at radius 1 is 1.27 bits per heavy atom. The molecule has 3 fully saturated rings. The Bertz CT molecular complexity index is 1090. The molecule has 1 aromatic carbocycles. The van der Waals surface area contributed by atoms with Gasteiger partial charge in [-0.15, -0.1) is 0 Å². The van der Waals surface area contributed by atoms with Crippen molar-refractivity contribution in [2.75, 3.05) is 24.5 Å². The number of carbonyl (C=O) groups is 1. The van der Waals surface area contributed by atoms with E-state index in [2.05, 4.69) is 5.32 Å². The van der Waals surface area contributed by atoms with Crippen LogP contribution in [0.1, 0.15) is 47.6 Å². The Morgan fingerprint density at radius 2 is 2.00 bits per heavy atom. The quantitative estimate of drug-likeness (QED) is 0.756. The first-order valence-electron chi connectivity index (χ1n) is 10.6. The average molecular weight is 417 g/mol. The number of hydrogen-bond donors (Lipinski definition) is 2. The Balaban J connectivity index is 1.58. The molecule has 1 aromatic heterocycles. The van der Waals surface area contributed by atoms with Crippen molar-refractivity contribution in [2.24, 2.45) is 5.92 Å². The minimum absolute atomic E-state index is 0.0727. The number of fused-ring (bicyclic) bond motifs is 1. The molecule has 2 saturated carbocycles. The minimum Gasteiger partial charge on any atom is -0.477 e. The van der Waals surface area contributed by atoms with Crippen molar-refractivity contribution in [3.8, 4) is 0 Å². The second kappa shape index (κ2) is 7.04. The summed E-state index contributed by atoms with van der Waals surface area (Å²) in [4.78, 5) is 26.0. The Hall–Kier alpha value is -2.48. The van der Waals surface area contributed by atoms with Crippen molar-refractivity contribution in [3.05, 3.63) is 39.4 Å². The molecule has 6 nitrogen and oxygen atoms in total. The Kier molecular flexibility index (Phi) is 4.57. The maximum absolute atomic E-state index is 15.2. The van der Waals surface area contributed by atoms with Gasteiger partial charge in [0.15, 0.2) is 0 Å². The number of halogens is 2. The molecule has 0 amide bonds. The number of carboxylic acids is 1. The normalized spacial score (nSPS) is 24.0. The SMILES string of the molecule is Cc1c(N2C[C@@H](CNC3CC3)[C@H](F)C2)c(F)cc2c(=O)c(C(=O)O)cn(C3CC3)c12. The van der Waals surface area contributed by atoms with Crippen LogP contribution in [0.3, 0.4) is 0 Å². The fraction of sp³-hybridized carbons (Fsp3) is 0.545. The van der Waals surface area contributed by atoms with E-state index < -0.39 is 23.4 Å². The third-order valence-corrected chi connectivity index (χ3v) is 6.57. The van der Waals surface area contributed by atoms with Gasteiger partial charge < -0.3 is 19.9 Å². The zero-order chi connectivity index (χ0) is 21.2.